The number of hydrazine groups is 1. The van der Waals surface area contributed by atoms with Crippen molar-refractivity contribution in [1.82, 2.24) is 10.0 Å². The second-order valence-corrected chi connectivity index (χ2v) is 9.23. The monoisotopic (exact) mass is 460 g/mol. The van der Waals surface area contributed by atoms with Crippen LogP contribution in [0, 0.1) is 6.92 Å². The van der Waals surface area contributed by atoms with E-state index >= 15 is 0 Å². The van der Waals surface area contributed by atoms with Crippen molar-refractivity contribution in [2.75, 3.05) is 13.7 Å². The third-order valence-electron chi connectivity index (χ3n) is 5.72. The van der Waals surface area contributed by atoms with Crippen LogP contribution in [0.15, 0.2) is 35.5 Å². The summed E-state index contributed by atoms with van der Waals surface area (Å²) < 4.78 is 21.2. The number of fused-ring (bicyclic) bond motifs is 1. The largest absolute Gasteiger partial charge is 0.510 e. The number of hydrogen-bond acceptors (Lipinski definition) is 8. The molecule has 0 N–H and O–H groups in total. The summed E-state index contributed by atoms with van der Waals surface area (Å²) in [4.78, 5) is 38.1. The first-order valence-corrected chi connectivity index (χ1v) is 10.9. The topological polar surface area (TPSA) is 94.6 Å². The zero-order valence-corrected chi connectivity index (χ0v) is 20.3. The molecule has 1 amide bonds. The number of hydrogen-bond donors (Lipinski definition) is 0. The van der Waals surface area contributed by atoms with Crippen LogP contribution in [-0.4, -0.2) is 53.8 Å². The zero-order chi connectivity index (χ0) is 24.6. The van der Waals surface area contributed by atoms with Crippen molar-refractivity contribution in [2.24, 2.45) is 0 Å². The van der Waals surface area contributed by atoms with Gasteiger partial charge < -0.3 is 18.9 Å². The van der Waals surface area contributed by atoms with Crippen molar-refractivity contribution >= 4 is 18.2 Å². The fourth-order valence-electron chi connectivity index (χ4n) is 4.39. The first-order valence-electron chi connectivity index (χ1n) is 10.9. The van der Waals surface area contributed by atoms with E-state index in [0.29, 0.717) is 11.3 Å². The number of ether oxygens (including phenoxy) is 4. The molecule has 9 nitrogen and oxygen atoms in total. The zero-order valence-electron chi connectivity index (χ0n) is 20.3. The van der Waals surface area contributed by atoms with E-state index in [1.165, 1.54) is 12.1 Å². The molecule has 33 heavy (non-hydrogen) atoms. The minimum atomic E-state index is -0.993. The fraction of sp³-hybridized carbons (Fsp3) is 0.542. The van der Waals surface area contributed by atoms with Gasteiger partial charge in [0.2, 0.25) is 6.23 Å². The minimum Gasteiger partial charge on any atom is -0.463 e. The first kappa shape index (κ1) is 24.4. The summed E-state index contributed by atoms with van der Waals surface area (Å²) in [5.74, 6) is -0.440. The highest BCUT2D eigenvalue weighted by molar-refractivity contribution is 5.90. The maximum atomic E-state index is 12.9. The predicted octanol–water partition coefficient (Wildman–Crippen LogP) is 4.40. The van der Waals surface area contributed by atoms with Gasteiger partial charge in [-0.25, -0.2) is 14.4 Å². The molecule has 9 heteroatoms. The molecule has 0 bridgehead atoms. The highest BCUT2D eigenvalue weighted by Gasteiger charge is 2.60. The molecule has 3 rings (SSSR count). The summed E-state index contributed by atoms with van der Waals surface area (Å²) in [6.07, 6.45) is -2.12. The van der Waals surface area contributed by atoms with E-state index in [4.69, 9.17) is 18.9 Å². The molecule has 0 aromatic heterocycles. The van der Waals surface area contributed by atoms with Crippen LogP contribution < -0.4 is 0 Å². The van der Waals surface area contributed by atoms with Crippen molar-refractivity contribution in [2.45, 2.75) is 71.8 Å². The van der Waals surface area contributed by atoms with Gasteiger partial charge in [-0.2, -0.15) is 5.01 Å². The number of carbonyl (C=O) groups excluding carboxylic acids is 3. The van der Waals surface area contributed by atoms with Crippen LogP contribution in [0.4, 0.5) is 9.59 Å². The Kier molecular flexibility index (Phi) is 6.63. The van der Waals surface area contributed by atoms with E-state index in [1.54, 1.807) is 39.6 Å². The Hall–Kier alpha value is -3.23. The Morgan fingerprint density at radius 3 is 2.30 bits per heavy atom. The second-order valence-electron chi connectivity index (χ2n) is 9.23. The lowest BCUT2D eigenvalue weighted by Gasteiger charge is -2.38. The standard InChI is InChI=1S/C24H32N2O7/c1-8-31-20(27)18-13-24(17-11-9-15(2)10-12-17)14-19(32-22(29)33-23(4,5)6)25(21(28)30-7)26(24)16(18)3/h9-12,19H,8,13-14H2,1-7H3/t19-,24+/m1/s1. The predicted molar refractivity (Wildman–Crippen MR) is 119 cm³/mol. The van der Waals surface area contributed by atoms with Crippen LogP contribution in [0.1, 0.15) is 58.6 Å². The lowest BCUT2D eigenvalue weighted by atomic mass is 9.83. The van der Waals surface area contributed by atoms with Crippen LogP contribution in [0.5, 0.6) is 0 Å². The molecule has 0 spiro atoms. The molecular weight excluding hydrogens is 428 g/mol. The van der Waals surface area contributed by atoms with E-state index < -0.39 is 35.6 Å². The number of esters is 1. The van der Waals surface area contributed by atoms with Gasteiger partial charge >= 0.3 is 18.2 Å². The third-order valence-corrected chi connectivity index (χ3v) is 5.72. The van der Waals surface area contributed by atoms with E-state index in [1.807, 2.05) is 31.2 Å². The number of methoxy groups -OCH3 is 1. The highest BCUT2D eigenvalue weighted by Crippen LogP contribution is 2.54. The minimum absolute atomic E-state index is 0.213. The smallest absolute Gasteiger partial charge is 0.463 e. The summed E-state index contributed by atoms with van der Waals surface area (Å²) in [5, 5.41) is 2.94. The number of aryl methyl sites for hydroxylation is 1. The number of benzene rings is 1. The van der Waals surface area contributed by atoms with Crippen molar-refractivity contribution in [3.63, 3.8) is 0 Å². The van der Waals surface area contributed by atoms with E-state index in [0.717, 1.165) is 11.1 Å². The average Bonchev–Trinajstić information content (AvgIpc) is 3.19. The van der Waals surface area contributed by atoms with E-state index in [-0.39, 0.29) is 19.4 Å². The maximum absolute atomic E-state index is 12.9. The molecule has 0 unspecified atom stereocenters. The van der Waals surface area contributed by atoms with Gasteiger partial charge in [0.1, 0.15) is 5.60 Å². The molecular formula is C24H32N2O7. The Morgan fingerprint density at radius 2 is 1.76 bits per heavy atom. The molecule has 1 fully saturated rings. The SMILES string of the molecule is CCOC(=O)C1=C(C)N2N(C(=O)OC)[C@H](OC(=O)OC(C)(C)C)C[C@]2(c2ccc(C)cc2)C1. The van der Waals surface area contributed by atoms with Gasteiger partial charge in [-0.1, -0.05) is 29.8 Å². The summed E-state index contributed by atoms with van der Waals surface area (Å²) >= 11 is 0. The average molecular weight is 461 g/mol. The number of amides is 1. The van der Waals surface area contributed by atoms with Crippen molar-refractivity contribution in [1.29, 1.82) is 0 Å². The molecule has 2 atom stereocenters. The number of nitrogens with zero attached hydrogens (tertiary/aromatic N) is 2. The van der Waals surface area contributed by atoms with Gasteiger partial charge in [-0.15, -0.1) is 0 Å². The summed E-state index contributed by atoms with van der Waals surface area (Å²) in [6.45, 7) is 10.9. The first-order chi connectivity index (χ1) is 15.4. The number of rotatable bonds is 4. The van der Waals surface area contributed by atoms with Crippen LogP contribution in [0.2, 0.25) is 0 Å². The highest BCUT2D eigenvalue weighted by atomic mass is 16.7. The Morgan fingerprint density at radius 1 is 1.12 bits per heavy atom. The van der Waals surface area contributed by atoms with Gasteiger partial charge in [-0.3, -0.25) is 5.01 Å². The third kappa shape index (κ3) is 4.62. The van der Waals surface area contributed by atoms with Crippen LogP contribution in [0.25, 0.3) is 0 Å². The van der Waals surface area contributed by atoms with Gasteiger partial charge in [0.25, 0.3) is 0 Å². The van der Waals surface area contributed by atoms with Crippen molar-refractivity contribution in [3.05, 3.63) is 46.7 Å². The number of allylic oxidation sites excluding steroid dienone is 1. The molecule has 2 heterocycles. The second kappa shape index (κ2) is 8.96. The number of carbonyl (C=O) groups is 3. The Balaban J connectivity index is 2.09. The molecule has 1 aromatic carbocycles. The summed E-state index contributed by atoms with van der Waals surface area (Å²) in [7, 11) is 1.25. The molecule has 1 aromatic rings. The molecule has 2 aliphatic rings. The van der Waals surface area contributed by atoms with E-state index in [2.05, 4.69) is 0 Å². The molecule has 2 aliphatic heterocycles. The molecule has 0 aliphatic carbocycles. The fourth-order valence-corrected chi connectivity index (χ4v) is 4.39. The maximum Gasteiger partial charge on any atom is 0.510 e. The quantitative estimate of drug-likeness (QED) is 0.482. The van der Waals surface area contributed by atoms with Gasteiger partial charge in [-0.05, 0) is 47.1 Å². The summed E-state index contributed by atoms with van der Waals surface area (Å²) in [5.41, 5.74) is 1.33. The molecule has 180 valence electrons. The lowest BCUT2D eigenvalue weighted by Crippen LogP contribution is -2.49. The summed E-state index contributed by atoms with van der Waals surface area (Å²) in [6, 6.07) is 7.83. The van der Waals surface area contributed by atoms with Crippen LogP contribution in [0.3, 0.4) is 0 Å². The Bertz CT molecular complexity index is 964. The lowest BCUT2D eigenvalue weighted by molar-refractivity contribution is -0.138. The van der Waals surface area contributed by atoms with Crippen molar-refractivity contribution in [3.8, 4) is 0 Å². The van der Waals surface area contributed by atoms with Gasteiger partial charge in [0.05, 0.1) is 24.8 Å². The Labute approximate surface area is 194 Å². The molecule has 0 radical (unpaired) electrons. The molecule has 0 saturated carbocycles. The van der Waals surface area contributed by atoms with Crippen LogP contribution in [-0.2, 0) is 29.3 Å². The van der Waals surface area contributed by atoms with Gasteiger partial charge in [0.15, 0.2) is 0 Å². The normalized spacial score (nSPS) is 22.2. The van der Waals surface area contributed by atoms with Crippen LogP contribution >= 0.6 is 0 Å². The van der Waals surface area contributed by atoms with Gasteiger partial charge in [0, 0.05) is 18.5 Å². The van der Waals surface area contributed by atoms with E-state index in [9.17, 15) is 14.4 Å². The van der Waals surface area contributed by atoms with Crippen molar-refractivity contribution < 1.29 is 33.3 Å². The molecule has 1 saturated heterocycles.